The number of nitrogens with zero attached hydrogens (tertiary/aromatic N) is 1. The Morgan fingerprint density at radius 1 is 1.50 bits per heavy atom. The standard InChI is InChI=1S/C13H18NO5P/c1-11(13-7-4-3-5-8-13)19-14(12(2)15)9-6-10-20(16,17)18/h3-8,10-11H,9H2,1-2H3,(H2,16,17,18)/p-1/b10-6+. The first-order chi connectivity index (χ1) is 9.29. The summed E-state index contributed by atoms with van der Waals surface area (Å²) in [4.78, 5) is 36.1. The molecule has 0 saturated heterocycles. The van der Waals surface area contributed by atoms with E-state index >= 15 is 0 Å². The number of hydrogen-bond donors (Lipinski definition) is 1. The number of hydroxylamine groups is 2. The molecule has 1 N–H and O–H groups in total. The van der Waals surface area contributed by atoms with Crippen molar-refractivity contribution >= 4 is 13.5 Å². The number of amides is 1. The molecule has 0 bridgehead atoms. The second-order valence-corrected chi connectivity index (χ2v) is 5.61. The van der Waals surface area contributed by atoms with Crippen LogP contribution in [0.5, 0.6) is 0 Å². The first kappa shape index (κ1) is 16.6. The molecule has 0 radical (unpaired) electrons. The van der Waals surface area contributed by atoms with Crippen LogP contribution in [0.3, 0.4) is 0 Å². The molecule has 1 rings (SSSR count). The van der Waals surface area contributed by atoms with Crippen LogP contribution in [0.1, 0.15) is 25.5 Å². The van der Waals surface area contributed by atoms with E-state index in [0.717, 1.165) is 16.7 Å². The summed E-state index contributed by atoms with van der Waals surface area (Å²) in [5, 5.41) is 1.03. The molecule has 2 atom stereocenters. The van der Waals surface area contributed by atoms with Crippen LogP contribution >= 0.6 is 7.60 Å². The fourth-order valence-corrected chi connectivity index (χ4v) is 1.86. The lowest BCUT2D eigenvalue weighted by atomic mass is 10.1. The fourth-order valence-electron chi connectivity index (χ4n) is 1.50. The highest BCUT2D eigenvalue weighted by molar-refractivity contribution is 7.53. The largest absolute Gasteiger partial charge is 0.776 e. The molecular formula is C13H17NO5P-. The number of carbonyl (C=O) groups is 1. The Kier molecular flexibility index (Phi) is 6.10. The van der Waals surface area contributed by atoms with Gasteiger partial charge in [0, 0.05) is 6.92 Å². The van der Waals surface area contributed by atoms with Crippen molar-refractivity contribution in [2.45, 2.75) is 20.0 Å². The summed E-state index contributed by atoms with van der Waals surface area (Å²) in [7, 11) is -4.47. The number of benzene rings is 1. The summed E-state index contributed by atoms with van der Waals surface area (Å²) < 4.78 is 10.6. The van der Waals surface area contributed by atoms with E-state index < -0.39 is 7.60 Å². The van der Waals surface area contributed by atoms with Gasteiger partial charge in [0.25, 0.3) is 0 Å². The molecule has 1 aromatic carbocycles. The number of hydrogen-bond acceptors (Lipinski definition) is 4. The van der Waals surface area contributed by atoms with E-state index in [1.807, 2.05) is 30.3 Å². The molecule has 0 heterocycles. The van der Waals surface area contributed by atoms with Gasteiger partial charge >= 0.3 is 0 Å². The van der Waals surface area contributed by atoms with E-state index in [1.165, 1.54) is 6.92 Å². The summed E-state index contributed by atoms with van der Waals surface area (Å²) in [6.45, 7) is 3.01. The Morgan fingerprint density at radius 3 is 2.60 bits per heavy atom. The molecule has 0 spiro atoms. The van der Waals surface area contributed by atoms with Crippen LogP contribution in [0.15, 0.2) is 42.2 Å². The zero-order valence-electron chi connectivity index (χ0n) is 11.3. The maximum absolute atomic E-state index is 11.4. The molecule has 0 aliphatic rings. The van der Waals surface area contributed by atoms with Gasteiger partial charge in [-0.3, -0.25) is 9.63 Å². The van der Waals surface area contributed by atoms with Crippen molar-refractivity contribution in [1.29, 1.82) is 0 Å². The Labute approximate surface area is 117 Å². The van der Waals surface area contributed by atoms with Crippen LogP contribution < -0.4 is 4.89 Å². The summed E-state index contributed by atoms with van der Waals surface area (Å²) in [6.07, 6.45) is 0.786. The monoisotopic (exact) mass is 298 g/mol. The van der Waals surface area contributed by atoms with Crippen molar-refractivity contribution in [3.63, 3.8) is 0 Å². The molecule has 0 fully saturated rings. The van der Waals surface area contributed by atoms with E-state index in [9.17, 15) is 14.3 Å². The van der Waals surface area contributed by atoms with Crippen molar-refractivity contribution in [3.8, 4) is 0 Å². The minimum absolute atomic E-state index is 0.0701. The van der Waals surface area contributed by atoms with Gasteiger partial charge in [-0.15, -0.1) is 0 Å². The average Bonchev–Trinajstić information content (AvgIpc) is 2.37. The zero-order valence-corrected chi connectivity index (χ0v) is 12.2. The van der Waals surface area contributed by atoms with E-state index in [4.69, 9.17) is 9.73 Å². The Morgan fingerprint density at radius 2 is 2.10 bits per heavy atom. The van der Waals surface area contributed by atoms with Crippen LogP contribution in [-0.2, 0) is 14.2 Å². The van der Waals surface area contributed by atoms with Crippen LogP contribution in [0.25, 0.3) is 0 Å². The van der Waals surface area contributed by atoms with E-state index in [1.54, 1.807) is 6.92 Å². The highest BCUT2D eigenvalue weighted by Gasteiger charge is 2.14. The predicted octanol–water partition coefficient (Wildman–Crippen LogP) is 1.59. The fraction of sp³-hybridized carbons (Fsp3) is 0.308. The Bertz CT molecular complexity index is 511. The minimum Gasteiger partial charge on any atom is -0.776 e. The van der Waals surface area contributed by atoms with Gasteiger partial charge in [0.05, 0.1) is 6.54 Å². The Balaban J connectivity index is 2.66. The summed E-state index contributed by atoms with van der Waals surface area (Å²) in [5.74, 6) is 0.274. The molecule has 0 saturated carbocycles. The molecular weight excluding hydrogens is 281 g/mol. The third-order valence-corrected chi connectivity index (χ3v) is 3.06. The van der Waals surface area contributed by atoms with Gasteiger partial charge in [-0.05, 0) is 18.3 Å². The van der Waals surface area contributed by atoms with Crippen LogP contribution in [-0.4, -0.2) is 22.4 Å². The first-order valence-electron chi connectivity index (χ1n) is 6.00. The van der Waals surface area contributed by atoms with E-state index in [2.05, 4.69) is 0 Å². The van der Waals surface area contributed by atoms with Crippen molar-refractivity contribution in [2.24, 2.45) is 0 Å². The van der Waals surface area contributed by atoms with Gasteiger partial charge in [-0.1, -0.05) is 36.4 Å². The first-order valence-corrected chi connectivity index (χ1v) is 7.65. The lowest BCUT2D eigenvalue weighted by molar-refractivity contribution is -0.199. The van der Waals surface area contributed by atoms with Gasteiger partial charge in [-0.2, -0.15) is 0 Å². The summed E-state index contributed by atoms with van der Waals surface area (Å²) in [6, 6.07) is 9.30. The third kappa shape index (κ3) is 6.12. The highest BCUT2D eigenvalue weighted by atomic mass is 31.2. The van der Waals surface area contributed by atoms with Crippen LogP contribution in [0.2, 0.25) is 0 Å². The SMILES string of the molecule is CC(=O)N(C/C=C/P(=O)([O-])O)OC(C)c1ccccc1. The molecule has 110 valence electrons. The van der Waals surface area contributed by atoms with Gasteiger partial charge in [-0.25, -0.2) is 5.06 Å². The molecule has 20 heavy (non-hydrogen) atoms. The molecule has 2 unspecified atom stereocenters. The maximum Gasteiger partial charge on any atom is 0.243 e. The van der Waals surface area contributed by atoms with Crippen molar-refractivity contribution in [2.75, 3.05) is 6.54 Å². The van der Waals surface area contributed by atoms with E-state index in [0.29, 0.717) is 5.82 Å². The van der Waals surface area contributed by atoms with Crippen LogP contribution in [0.4, 0.5) is 0 Å². The van der Waals surface area contributed by atoms with Gasteiger partial charge in [0.1, 0.15) is 6.10 Å². The molecule has 1 aromatic rings. The topological polar surface area (TPSA) is 89.9 Å². The molecule has 7 heteroatoms. The van der Waals surface area contributed by atoms with Crippen LogP contribution in [0, 0.1) is 0 Å². The van der Waals surface area contributed by atoms with E-state index in [-0.39, 0.29) is 18.6 Å². The van der Waals surface area contributed by atoms with Gasteiger partial charge < -0.3 is 14.4 Å². The lowest BCUT2D eigenvalue weighted by Crippen LogP contribution is -2.30. The second kappa shape index (κ2) is 7.36. The maximum atomic E-state index is 11.4. The molecule has 0 aliphatic carbocycles. The summed E-state index contributed by atoms with van der Waals surface area (Å²) in [5.41, 5.74) is 0.888. The van der Waals surface area contributed by atoms with Crippen molar-refractivity contribution in [3.05, 3.63) is 47.8 Å². The lowest BCUT2D eigenvalue weighted by Gasteiger charge is -2.23. The molecule has 0 aliphatic heterocycles. The molecule has 0 aromatic heterocycles. The molecule has 1 amide bonds. The smallest absolute Gasteiger partial charge is 0.243 e. The van der Waals surface area contributed by atoms with Gasteiger partial charge in [0.2, 0.25) is 5.91 Å². The number of carbonyl (C=O) groups excluding carboxylic acids is 1. The summed E-state index contributed by atoms with van der Waals surface area (Å²) >= 11 is 0. The second-order valence-electron chi connectivity index (χ2n) is 4.19. The zero-order chi connectivity index (χ0) is 15.2. The Hall–Kier alpha value is -1.46. The average molecular weight is 298 g/mol. The van der Waals surface area contributed by atoms with Gasteiger partial charge in [0.15, 0.2) is 7.60 Å². The minimum atomic E-state index is -4.47. The predicted molar refractivity (Wildman–Crippen MR) is 72.3 cm³/mol. The normalized spacial score (nSPS) is 15.8. The highest BCUT2D eigenvalue weighted by Crippen LogP contribution is 2.30. The number of rotatable bonds is 6. The quantitative estimate of drug-likeness (QED) is 0.636. The van der Waals surface area contributed by atoms with Crippen molar-refractivity contribution in [1.82, 2.24) is 5.06 Å². The third-order valence-electron chi connectivity index (χ3n) is 2.47. The molecule has 6 nitrogen and oxygen atoms in total. The van der Waals surface area contributed by atoms with Crippen molar-refractivity contribution < 1.29 is 24.0 Å².